The minimum atomic E-state index is 0.242. The van der Waals surface area contributed by atoms with E-state index < -0.39 is 0 Å². The Morgan fingerprint density at radius 2 is 2.05 bits per heavy atom. The summed E-state index contributed by atoms with van der Waals surface area (Å²) in [5.74, 6) is 1.68. The van der Waals surface area contributed by atoms with E-state index in [-0.39, 0.29) is 5.92 Å². The van der Waals surface area contributed by atoms with E-state index in [0.29, 0.717) is 17.4 Å². The van der Waals surface area contributed by atoms with Crippen molar-refractivity contribution in [3.05, 3.63) is 29.8 Å². The first-order valence-corrected chi connectivity index (χ1v) is 14.7. The number of piperazine rings is 1. The summed E-state index contributed by atoms with van der Waals surface area (Å²) in [5, 5.41) is 14.7. The number of rotatable bonds is 7. The lowest BCUT2D eigenvalue weighted by Crippen LogP contribution is -2.53. The second-order valence-electron chi connectivity index (χ2n) is 11.1. The van der Waals surface area contributed by atoms with Gasteiger partial charge in [0.05, 0.1) is 24.2 Å². The van der Waals surface area contributed by atoms with Gasteiger partial charge in [-0.25, -0.2) is 14.5 Å². The molecular weight excluding hydrogens is 512 g/mol. The quantitative estimate of drug-likeness (QED) is 0.356. The van der Waals surface area contributed by atoms with E-state index in [2.05, 4.69) is 52.7 Å². The fraction of sp³-hybridized carbons (Fsp3) is 0.571. The van der Waals surface area contributed by atoms with Crippen LogP contribution >= 0.6 is 11.3 Å². The number of pyridine rings is 1. The Labute approximate surface area is 233 Å². The number of nitrogens with zero attached hydrogens (tertiary/aromatic N) is 7. The molecule has 4 aromatic rings. The van der Waals surface area contributed by atoms with Gasteiger partial charge in [0, 0.05) is 62.8 Å². The number of thiazole rings is 1. The van der Waals surface area contributed by atoms with Gasteiger partial charge in [-0.05, 0) is 44.6 Å². The molecule has 4 aromatic heterocycles. The number of methoxy groups -OCH3 is 1. The number of nitrogens with one attached hydrogen (secondary N) is 1. The van der Waals surface area contributed by atoms with Crippen LogP contribution in [0.25, 0.3) is 27.6 Å². The molecule has 6 heterocycles. The number of anilines is 1. The zero-order valence-electron chi connectivity index (χ0n) is 23.5. The standard InChI is InChI=1S/C28H38N8O2S/c1-17(2)23-24(21-12-22(37-5)26-29-16-30-36(26)15-21)32-33-25(23)27-31-19(4)28(39-27)35-9-8-34(13-18(35)3)14-20-6-10-38-11-7-20/h12,15-18,20H,6-11,13-14H2,1-5H3,(H,32,33). The third-order valence-electron chi connectivity index (χ3n) is 8.03. The summed E-state index contributed by atoms with van der Waals surface area (Å²) in [6.07, 6.45) is 5.87. The molecule has 0 aliphatic carbocycles. The molecule has 2 saturated heterocycles. The van der Waals surface area contributed by atoms with Crippen molar-refractivity contribution >= 4 is 22.0 Å². The average Bonchev–Trinajstić information content (AvgIpc) is 3.67. The summed E-state index contributed by atoms with van der Waals surface area (Å²) in [6.45, 7) is 15.1. The minimum absolute atomic E-state index is 0.242. The van der Waals surface area contributed by atoms with Gasteiger partial charge in [0.15, 0.2) is 11.4 Å². The predicted molar refractivity (Wildman–Crippen MR) is 154 cm³/mol. The molecule has 0 bridgehead atoms. The molecule has 0 radical (unpaired) electrons. The van der Waals surface area contributed by atoms with Crippen molar-refractivity contribution in [3.63, 3.8) is 0 Å². The van der Waals surface area contributed by atoms with Gasteiger partial charge in [-0.1, -0.05) is 25.2 Å². The second kappa shape index (κ2) is 10.9. The first-order valence-electron chi connectivity index (χ1n) is 13.9. The summed E-state index contributed by atoms with van der Waals surface area (Å²) in [4.78, 5) is 14.6. The third-order valence-corrected chi connectivity index (χ3v) is 9.24. The summed E-state index contributed by atoms with van der Waals surface area (Å²) < 4.78 is 12.9. The molecule has 208 valence electrons. The Morgan fingerprint density at radius 3 is 2.79 bits per heavy atom. The van der Waals surface area contributed by atoms with Crippen LogP contribution in [0.1, 0.15) is 50.8 Å². The van der Waals surface area contributed by atoms with Gasteiger partial charge in [0.1, 0.15) is 16.3 Å². The van der Waals surface area contributed by atoms with Crippen LogP contribution in [0.2, 0.25) is 0 Å². The van der Waals surface area contributed by atoms with E-state index in [1.54, 1.807) is 23.0 Å². The number of H-pyrrole nitrogens is 1. The molecule has 2 aliphatic rings. The van der Waals surface area contributed by atoms with Gasteiger partial charge in [-0.3, -0.25) is 10.00 Å². The number of aryl methyl sites for hydroxylation is 1. The van der Waals surface area contributed by atoms with Crippen LogP contribution in [0, 0.1) is 12.8 Å². The molecule has 0 amide bonds. The van der Waals surface area contributed by atoms with Crippen LogP contribution in [-0.4, -0.2) is 87.2 Å². The Balaban J connectivity index is 1.26. The van der Waals surface area contributed by atoms with Crippen LogP contribution in [0.3, 0.4) is 0 Å². The first-order chi connectivity index (χ1) is 18.9. The molecule has 0 saturated carbocycles. The largest absolute Gasteiger partial charge is 0.493 e. The third kappa shape index (κ3) is 5.03. The normalized spacial score (nSPS) is 19.4. The van der Waals surface area contributed by atoms with Crippen molar-refractivity contribution in [1.29, 1.82) is 0 Å². The van der Waals surface area contributed by atoms with Crippen molar-refractivity contribution in [2.75, 3.05) is 51.4 Å². The Bertz CT molecular complexity index is 1440. The molecule has 6 rings (SSSR count). The van der Waals surface area contributed by atoms with E-state index >= 15 is 0 Å². The maximum atomic E-state index is 5.60. The van der Waals surface area contributed by atoms with Gasteiger partial charge in [0.25, 0.3) is 0 Å². The highest BCUT2D eigenvalue weighted by molar-refractivity contribution is 7.19. The van der Waals surface area contributed by atoms with E-state index in [0.717, 1.165) is 72.0 Å². The Hall–Kier alpha value is -3.02. The van der Waals surface area contributed by atoms with Crippen molar-refractivity contribution in [1.82, 2.24) is 34.7 Å². The molecule has 2 aliphatic heterocycles. The summed E-state index contributed by atoms with van der Waals surface area (Å²) in [6, 6.07) is 2.42. The average molecular weight is 551 g/mol. The lowest BCUT2D eigenvalue weighted by Gasteiger charge is -2.42. The highest BCUT2D eigenvalue weighted by atomic mass is 32.1. The summed E-state index contributed by atoms with van der Waals surface area (Å²) in [5.41, 5.74) is 5.72. The Morgan fingerprint density at radius 1 is 1.23 bits per heavy atom. The van der Waals surface area contributed by atoms with Crippen LogP contribution in [0.4, 0.5) is 5.00 Å². The van der Waals surface area contributed by atoms with Crippen molar-refractivity contribution in [2.45, 2.75) is 52.5 Å². The molecule has 0 aromatic carbocycles. The maximum Gasteiger partial charge on any atom is 0.197 e. The molecule has 1 atom stereocenters. The van der Waals surface area contributed by atoms with Crippen molar-refractivity contribution < 1.29 is 9.47 Å². The lowest BCUT2D eigenvalue weighted by atomic mass is 9.97. The van der Waals surface area contributed by atoms with Crippen LogP contribution in [0.5, 0.6) is 5.75 Å². The zero-order valence-corrected chi connectivity index (χ0v) is 24.3. The number of aromatic amines is 1. The van der Waals surface area contributed by atoms with E-state index in [1.807, 2.05) is 12.3 Å². The van der Waals surface area contributed by atoms with Crippen LogP contribution in [-0.2, 0) is 4.74 Å². The second-order valence-corrected chi connectivity index (χ2v) is 12.1. The number of hydrogen-bond donors (Lipinski definition) is 1. The highest BCUT2D eigenvalue weighted by Gasteiger charge is 2.30. The van der Waals surface area contributed by atoms with Gasteiger partial charge < -0.3 is 14.4 Å². The molecule has 39 heavy (non-hydrogen) atoms. The monoisotopic (exact) mass is 550 g/mol. The summed E-state index contributed by atoms with van der Waals surface area (Å²) >= 11 is 1.77. The Kier molecular flexibility index (Phi) is 7.30. The van der Waals surface area contributed by atoms with Gasteiger partial charge in [-0.15, -0.1) is 0 Å². The topological polar surface area (TPSA) is 96.7 Å². The van der Waals surface area contributed by atoms with Gasteiger partial charge >= 0.3 is 0 Å². The molecule has 1 N–H and O–H groups in total. The predicted octanol–water partition coefficient (Wildman–Crippen LogP) is 4.62. The number of ether oxygens (including phenoxy) is 2. The van der Waals surface area contributed by atoms with E-state index in [1.165, 1.54) is 30.7 Å². The minimum Gasteiger partial charge on any atom is -0.493 e. The smallest absolute Gasteiger partial charge is 0.197 e. The maximum absolute atomic E-state index is 5.60. The number of aromatic nitrogens is 6. The molecule has 11 heteroatoms. The fourth-order valence-electron chi connectivity index (χ4n) is 6.03. The molecule has 10 nitrogen and oxygen atoms in total. The molecular formula is C28H38N8O2S. The number of hydrogen-bond acceptors (Lipinski definition) is 9. The number of fused-ring (bicyclic) bond motifs is 1. The van der Waals surface area contributed by atoms with Crippen molar-refractivity contribution in [2.24, 2.45) is 5.92 Å². The van der Waals surface area contributed by atoms with Crippen molar-refractivity contribution in [3.8, 4) is 27.7 Å². The molecule has 1 unspecified atom stereocenters. The van der Waals surface area contributed by atoms with Crippen LogP contribution < -0.4 is 9.64 Å². The van der Waals surface area contributed by atoms with Gasteiger partial charge in [-0.2, -0.15) is 10.2 Å². The fourth-order valence-corrected chi connectivity index (χ4v) is 7.23. The highest BCUT2D eigenvalue weighted by Crippen LogP contribution is 2.41. The van der Waals surface area contributed by atoms with Crippen LogP contribution in [0.15, 0.2) is 18.6 Å². The first kappa shape index (κ1) is 26.2. The van der Waals surface area contributed by atoms with Gasteiger partial charge in [0.2, 0.25) is 0 Å². The molecule has 0 spiro atoms. The SMILES string of the molecule is COc1cc(-c2n[nH]c(-c3nc(C)c(N4CCN(CC5CCOCC5)CC4C)s3)c2C(C)C)cn2ncnc12. The van der Waals surface area contributed by atoms with E-state index in [4.69, 9.17) is 19.6 Å². The molecule has 2 fully saturated rings. The zero-order chi connectivity index (χ0) is 27.1. The van der Waals surface area contributed by atoms with E-state index in [9.17, 15) is 0 Å². The lowest BCUT2D eigenvalue weighted by molar-refractivity contribution is 0.0500. The summed E-state index contributed by atoms with van der Waals surface area (Å²) in [7, 11) is 1.65.